The molecule has 0 radical (unpaired) electrons. The van der Waals surface area contributed by atoms with Crippen molar-refractivity contribution in [3.05, 3.63) is 90.0 Å². The Kier molecular flexibility index (Phi) is 9.86. The van der Waals surface area contributed by atoms with Gasteiger partial charge in [-0.15, -0.1) is 0 Å². The predicted octanol–water partition coefficient (Wildman–Crippen LogP) is 4.31. The predicted molar refractivity (Wildman–Crippen MR) is 166 cm³/mol. The van der Waals surface area contributed by atoms with Gasteiger partial charge in [0, 0.05) is 25.1 Å². The van der Waals surface area contributed by atoms with Crippen molar-refractivity contribution in [1.82, 2.24) is 10.2 Å². The first-order chi connectivity index (χ1) is 20.8. The van der Waals surface area contributed by atoms with E-state index in [2.05, 4.69) is 5.32 Å². The molecular weight excluding hydrogens is 566 g/mol. The largest absolute Gasteiger partial charge is 0.486 e. The van der Waals surface area contributed by atoms with Gasteiger partial charge in [0.2, 0.25) is 21.8 Å². The average Bonchev–Trinajstić information content (AvgIpc) is 3.55. The second-order valence-corrected chi connectivity index (χ2v) is 13.1. The van der Waals surface area contributed by atoms with Crippen molar-refractivity contribution < 1.29 is 27.5 Å². The van der Waals surface area contributed by atoms with Gasteiger partial charge in [-0.2, -0.15) is 0 Å². The van der Waals surface area contributed by atoms with E-state index in [-0.39, 0.29) is 24.2 Å². The van der Waals surface area contributed by atoms with Gasteiger partial charge in [-0.3, -0.25) is 13.9 Å². The molecule has 0 unspecified atom stereocenters. The molecule has 228 valence electrons. The molecular formula is C33H39N3O6S. The highest BCUT2D eigenvalue weighted by molar-refractivity contribution is 7.92. The van der Waals surface area contributed by atoms with Gasteiger partial charge in [0.15, 0.2) is 11.5 Å². The van der Waals surface area contributed by atoms with Crippen LogP contribution in [0.4, 0.5) is 5.69 Å². The van der Waals surface area contributed by atoms with E-state index in [1.54, 1.807) is 25.1 Å². The van der Waals surface area contributed by atoms with E-state index in [1.807, 2.05) is 60.7 Å². The van der Waals surface area contributed by atoms with Gasteiger partial charge >= 0.3 is 0 Å². The van der Waals surface area contributed by atoms with Crippen LogP contribution in [0.1, 0.15) is 43.7 Å². The number of hydrogen-bond acceptors (Lipinski definition) is 6. The summed E-state index contributed by atoms with van der Waals surface area (Å²) in [7, 11) is -3.88. The molecule has 10 heteroatoms. The lowest BCUT2D eigenvalue weighted by molar-refractivity contribution is -0.140. The Morgan fingerprint density at radius 2 is 1.51 bits per heavy atom. The molecule has 3 aromatic carbocycles. The van der Waals surface area contributed by atoms with Gasteiger partial charge in [0.25, 0.3) is 0 Å². The molecule has 1 N–H and O–H groups in total. The summed E-state index contributed by atoms with van der Waals surface area (Å²) < 4.78 is 39.2. The third-order valence-electron chi connectivity index (χ3n) is 7.96. The number of nitrogens with zero attached hydrogens (tertiary/aromatic N) is 2. The fourth-order valence-corrected chi connectivity index (χ4v) is 6.66. The average molecular weight is 606 g/mol. The lowest BCUT2D eigenvalue weighted by atomic mass is 10.0. The quantitative estimate of drug-likeness (QED) is 0.330. The maximum atomic E-state index is 14.3. The van der Waals surface area contributed by atoms with Crippen molar-refractivity contribution in [3.63, 3.8) is 0 Å². The Balaban J connectivity index is 1.50. The fraction of sp³-hybridized carbons (Fsp3) is 0.394. The van der Waals surface area contributed by atoms with E-state index >= 15 is 0 Å². The van der Waals surface area contributed by atoms with Crippen LogP contribution in [0.2, 0.25) is 0 Å². The van der Waals surface area contributed by atoms with Gasteiger partial charge in [-0.05, 0) is 43.0 Å². The van der Waals surface area contributed by atoms with Crippen LogP contribution in [-0.4, -0.2) is 62.7 Å². The first-order valence-corrected chi connectivity index (χ1v) is 16.5. The summed E-state index contributed by atoms with van der Waals surface area (Å²) in [4.78, 5) is 29.8. The number of carbonyl (C=O) groups excluding carboxylic acids is 2. The van der Waals surface area contributed by atoms with Crippen molar-refractivity contribution in [2.24, 2.45) is 0 Å². The second kappa shape index (κ2) is 13.9. The highest BCUT2D eigenvalue weighted by atomic mass is 32.2. The third-order valence-corrected chi connectivity index (χ3v) is 9.70. The Bertz CT molecular complexity index is 1490. The summed E-state index contributed by atoms with van der Waals surface area (Å²) in [6.07, 6.45) is 4.22. The molecule has 3 aromatic rings. The summed E-state index contributed by atoms with van der Waals surface area (Å²) >= 11 is 0. The molecule has 9 nitrogen and oxygen atoms in total. The molecule has 1 fully saturated rings. The molecule has 2 amide bonds. The standard InChI is InChI=1S/C33H39N3O6S/c1-2-43(39,40)36(28-17-18-30-31(22-28)42-20-19-41-30)24-32(37)35(23-26-13-7-4-8-14-26)29(21-25-11-5-3-6-12-25)33(38)34-27-15-9-10-16-27/h3-8,11-14,17-18,22,27,29H,2,9-10,15-16,19-21,23-24H2,1H3,(H,34,38)/t29-/m0/s1. The summed E-state index contributed by atoms with van der Waals surface area (Å²) in [5, 5.41) is 3.19. The Morgan fingerprint density at radius 1 is 0.884 bits per heavy atom. The summed E-state index contributed by atoms with van der Waals surface area (Å²) in [5.41, 5.74) is 2.05. The summed E-state index contributed by atoms with van der Waals surface area (Å²) in [6, 6.07) is 23.1. The second-order valence-electron chi connectivity index (χ2n) is 10.9. The molecule has 1 saturated carbocycles. The number of hydrogen-bond donors (Lipinski definition) is 1. The zero-order valence-electron chi connectivity index (χ0n) is 24.5. The van der Waals surface area contributed by atoms with Crippen molar-refractivity contribution in [1.29, 1.82) is 0 Å². The molecule has 2 aliphatic rings. The van der Waals surface area contributed by atoms with Crippen LogP contribution in [0.3, 0.4) is 0 Å². The molecule has 0 bridgehead atoms. The molecule has 1 aliphatic heterocycles. The van der Waals surface area contributed by atoms with Crippen LogP contribution in [0, 0.1) is 0 Å². The number of fused-ring (bicyclic) bond motifs is 1. The summed E-state index contributed by atoms with van der Waals surface area (Å²) in [6.45, 7) is 1.97. The zero-order valence-corrected chi connectivity index (χ0v) is 25.3. The normalized spacial score (nSPS) is 15.5. The molecule has 5 rings (SSSR count). The topological polar surface area (TPSA) is 105 Å². The number of anilines is 1. The molecule has 0 saturated heterocycles. The van der Waals surface area contributed by atoms with E-state index < -0.39 is 28.5 Å². The van der Waals surface area contributed by atoms with E-state index in [0.29, 0.717) is 36.8 Å². The smallest absolute Gasteiger partial charge is 0.244 e. The Morgan fingerprint density at radius 3 is 2.16 bits per heavy atom. The van der Waals surface area contributed by atoms with E-state index in [0.717, 1.165) is 41.1 Å². The number of nitrogens with one attached hydrogen (secondary N) is 1. The Hall–Kier alpha value is -4.05. The molecule has 1 atom stereocenters. The van der Waals surface area contributed by atoms with Gasteiger partial charge in [-0.1, -0.05) is 73.5 Å². The van der Waals surface area contributed by atoms with Crippen LogP contribution in [-0.2, 0) is 32.6 Å². The maximum Gasteiger partial charge on any atom is 0.244 e. The number of rotatable bonds is 12. The highest BCUT2D eigenvalue weighted by Gasteiger charge is 2.35. The SMILES string of the molecule is CCS(=O)(=O)N(CC(=O)N(Cc1ccccc1)[C@@H](Cc1ccccc1)C(=O)NC1CCCC1)c1ccc2c(c1)OCCO2. The van der Waals surface area contributed by atoms with Crippen molar-refractivity contribution in [2.75, 3.05) is 29.8 Å². The van der Waals surface area contributed by atoms with Gasteiger partial charge < -0.3 is 19.7 Å². The van der Waals surface area contributed by atoms with Gasteiger partial charge in [0.05, 0.1) is 11.4 Å². The fourth-order valence-electron chi connectivity index (χ4n) is 5.61. The number of carbonyl (C=O) groups is 2. The molecule has 1 heterocycles. The third kappa shape index (κ3) is 7.67. The first-order valence-electron chi connectivity index (χ1n) is 14.9. The number of benzene rings is 3. The molecule has 43 heavy (non-hydrogen) atoms. The molecule has 0 aromatic heterocycles. The number of ether oxygens (including phenoxy) is 2. The molecule has 1 aliphatic carbocycles. The van der Waals surface area contributed by atoms with Crippen molar-refractivity contribution in [3.8, 4) is 11.5 Å². The van der Waals surface area contributed by atoms with Gasteiger partial charge in [0.1, 0.15) is 25.8 Å². The van der Waals surface area contributed by atoms with Crippen LogP contribution in [0.25, 0.3) is 0 Å². The lowest BCUT2D eigenvalue weighted by Gasteiger charge is -2.34. The summed E-state index contributed by atoms with van der Waals surface area (Å²) in [5.74, 6) is 0.0321. The van der Waals surface area contributed by atoms with E-state index in [4.69, 9.17) is 9.47 Å². The minimum atomic E-state index is -3.88. The van der Waals surface area contributed by atoms with Crippen LogP contribution < -0.4 is 19.1 Å². The van der Waals surface area contributed by atoms with E-state index in [9.17, 15) is 18.0 Å². The first kappa shape index (κ1) is 30.4. The van der Waals surface area contributed by atoms with Gasteiger partial charge in [-0.25, -0.2) is 8.42 Å². The van der Waals surface area contributed by atoms with Crippen LogP contribution >= 0.6 is 0 Å². The van der Waals surface area contributed by atoms with E-state index in [1.165, 1.54) is 4.90 Å². The zero-order chi connectivity index (χ0) is 30.2. The lowest BCUT2D eigenvalue weighted by Crippen LogP contribution is -2.54. The minimum absolute atomic E-state index is 0.0640. The van der Waals surface area contributed by atoms with Crippen molar-refractivity contribution in [2.45, 2.75) is 57.7 Å². The number of sulfonamides is 1. The number of amides is 2. The van der Waals surface area contributed by atoms with Crippen LogP contribution in [0.5, 0.6) is 11.5 Å². The van der Waals surface area contributed by atoms with Crippen molar-refractivity contribution >= 4 is 27.5 Å². The molecule has 0 spiro atoms. The maximum absolute atomic E-state index is 14.3. The monoisotopic (exact) mass is 605 g/mol. The minimum Gasteiger partial charge on any atom is -0.486 e. The van der Waals surface area contributed by atoms with Crippen LogP contribution in [0.15, 0.2) is 78.9 Å². The highest BCUT2D eigenvalue weighted by Crippen LogP contribution is 2.35. The Labute approximate surface area is 253 Å².